The van der Waals surface area contributed by atoms with Crippen LogP contribution >= 0.6 is 11.6 Å². The molecular formula is C12H20ClN3O. The zero-order valence-electron chi connectivity index (χ0n) is 10.7. The molecule has 0 aromatic carbocycles. The van der Waals surface area contributed by atoms with Gasteiger partial charge in [-0.3, -0.25) is 9.48 Å². The third-order valence-corrected chi connectivity index (χ3v) is 3.28. The first-order valence-corrected chi connectivity index (χ1v) is 6.16. The van der Waals surface area contributed by atoms with E-state index >= 15 is 0 Å². The molecule has 0 unspecified atom stereocenters. The first-order chi connectivity index (χ1) is 7.87. The van der Waals surface area contributed by atoms with Gasteiger partial charge >= 0.3 is 0 Å². The lowest BCUT2D eigenvalue weighted by atomic mass is 9.83. The van der Waals surface area contributed by atoms with Gasteiger partial charge in [0.2, 0.25) is 0 Å². The molecule has 1 aromatic rings. The zero-order chi connectivity index (χ0) is 13.1. The summed E-state index contributed by atoms with van der Waals surface area (Å²) in [4.78, 5) is 12.0. The molecule has 1 rings (SSSR count). The van der Waals surface area contributed by atoms with E-state index < -0.39 is 0 Å². The maximum atomic E-state index is 12.0. The summed E-state index contributed by atoms with van der Waals surface area (Å²) in [7, 11) is 1.73. The fourth-order valence-corrected chi connectivity index (χ4v) is 2.08. The number of hydrogen-bond donors (Lipinski definition) is 1. The molecule has 0 bridgehead atoms. The van der Waals surface area contributed by atoms with Crippen molar-refractivity contribution in [3.63, 3.8) is 0 Å². The molecule has 0 fully saturated rings. The van der Waals surface area contributed by atoms with Crippen LogP contribution in [0.5, 0.6) is 0 Å². The average molecular weight is 258 g/mol. The third-order valence-electron chi connectivity index (χ3n) is 3.01. The third kappa shape index (κ3) is 3.82. The van der Waals surface area contributed by atoms with Crippen molar-refractivity contribution >= 4 is 17.4 Å². The number of aromatic nitrogens is 2. The number of nitrogens with two attached hydrogens (primary N) is 1. The molecular weight excluding hydrogens is 238 g/mol. The fourth-order valence-electron chi connectivity index (χ4n) is 1.81. The highest BCUT2D eigenvalue weighted by atomic mass is 35.5. The standard InChI is InChI=1S/C12H20ClN3O/c1-12(2,6-7-14)5-4-10(17)11-9(13)8-15-16(11)3/h8H,4-7,14H2,1-3H3. The Balaban J connectivity index is 2.62. The summed E-state index contributed by atoms with van der Waals surface area (Å²) in [5.74, 6) is 0.0418. The van der Waals surface area contributed by atoms with Crippen molar-refractivity contribution in [2.24, 2.45) is 18.2 Å². The van der Waals surface area contributed by atoms with Crippen LogP contribution in [0.1, 0.15) is 43.6 Å². The Hall–Kier alpha value is -0.870. The van der Waals surface area contributed by atoms with Crippen LogP contribution in [0.2, 0.25) is 5.02 Å². The van der Waals surface area contributed by atoms with Crippen LogP contribution in [0.3, 0.4) is 0 Å². The van der Waals surface area contributed by atoms with Crippen molar-refractivity contribution in [2.45, 2.75) is 33.1 Å². The lowest BCUT2D eigenvalue weighted by Gasteiger charge is -2.23. The molecule has 0 aliphatic rings. The van der Waals surface area contributed by atoms with Gasteiger partial charge in [0.15, 0.2) is 5.78 Å². The molecule has 1 heterocycles. The predicted molar refractivity (Wildman–Crippen MR) is 69.2 cm³/mol. The Bertz CT molecular complexity index is 379. The quantitative estimate of drug-likeness (QED) is 0.796. The van der Waals surface area contributed by atoms with E-state index in [1.54, 1.807) is 7.05 Å². The van der Waals surface area contributed by atoms with E-state index in [1.165, 1.54) is 10.9 Å². The molecule has 0 saturated heterocycles. The molecule has 17 heavy (non-hydrogen) atoms. The minimum absolute atomic E-state index is 0.0418. The highest BCUT2D eigenvalue weighted by Crippen LogP contribution is 2.27. The molecule has 0 spiro atoms. The van der Waals surface area contributed by atoms with Crippen molar-refractivity contribution in [3.8, 4) is 0 Å². The molecule has 5 heteroatoms. The van der Waals surface area contributed by atoms with Crippen LogP contribution < -0.4 is 5.73 Å². The summed E-state index contributed by atoms with van der Waals surface area (Å²) in [6.45, 7) is 4.89. The van der Waals surface area contributed by atoms with Crippen LogP contribution in [0, 0.1) is 5.41 Å². The second-order valence-corrected chi connectivity index (χ2v) is 5.50. The lowest BCUT2D eigenvalue weighted by Crippen LogP contribution is -2.19. The summed E-state index contributed by atoms with van der Waals surface area (Å²) in [6, 6.07) is 0. The Kier molecular flexibility index (Phi) is 4.71. The van der Waals surface area contributed by atoms with Crippen LogP contribution in [0.25, 0.3) is 0 Å². The van der Waals surface area contributed by atoms with Crippen molar-refractivity contribution in [2.75, 3.05) is 6.54 Å². The van der Waals surface area contributed by atoms with E-state index in [-0.39, 0.29) is 11.2 Å². The number of carbonyl (C=O) groups excluding carboxylic acids is 1. The highest BCUT2D eigenvalue weighted by molar-refractivity contribution is 6.33. The second kappa shape index (κ2) is 5.65. The zero-order valence-corrected chi connectivity index (χ0v) is 11.4. The highest BCUT2D eigenvalue weighted by Gasteiger charge is 2.21. The van der Waals surface area contributed by atoms with Gasteiger partial charge < -0.3 is 5.73 Å². The second-order valence-electron chi connectivity index (χ2n) is 5.09. The number of hydrogen-bond acceptors (Lipinski definition) is 3. The van der Waals surface area contributed by atoms with Crippen LogP contribution in [-0.4, -0.2) is 22.1 Å². The van der Waals surface area contributed by atoms with Gasteiger partial charge in [-0.1, -0.05) is 25.4 Å². The van der Waals surface area contributed by atoms with E-state index in [4.69, 9.17) is 17.3 Å². The maximum absolute atomic E-state index is 12.0. The fraction of sp³-hybridized carbons (Fsp3) is 0.667. The van der Waals surface area contributed by atoms with Crippen molar-refractivity contribution in [1.29, 1.82) is 0 Å². The SMILES string of the molecule is Cn1ncc(Cl)c1C(=O)CCC(C)(C)CCN. The molecule has 4 nitrogen and oxygen atoms in total. The minimum Gasteiger partial charge on any atom is -0.330 e. The molecule has 1 aromatic heterocycles. The van der Waals surface area contributed by atoms with Gasteiger partial charge in [0.25, 0.3) is 0 Å². The van der Waals surface area contributed by atoms with Gasteiger partial charge in [-0.15, -0.1) is 0 Å². The van der Waals surface area contributed by atoms with E-state index in [0.717, 1.165) is 12.8 Å². The Morgan fingerprint density at radius 2 is 2.18 bits per heavy atom. The molecule has 2 N–H and O–H groups in total. The van der Waals surface area contributed by atoms with Crippen molar-refractivity contribution < 1.29 is 4.79 Å². The number of rotatable bonds is 6. The van der Waals surface area contributed by atoms with E-state index in [9.17, 15) is 4.79 Å². The molecule has 0 aliphatic carbocycles. The Morgan fingerprint density at radius 3 is 2.65 bits per heavy atom. The van der Waals surface area contributed by atoms with Gasteiger partial charge in [0, 0.05) is 13.5 Å². The molecule has 96 valence electrons. The largest absolute Gasteiger partial charge is 0.330 e. The average Bonchev–Trinajstić information content (AvgIpc) is 2.55. The molecule has 0 aliphatic heterocycles. The maximum Gasteiger partial charge on any atom is 0.182 e. The number of carbonyl (C=O) groups is 1. The number of halogens is 1. The first-order valence-electron chi connectivity index (χ1n) is 5.78. The van der Waals surface area contributed by atoms with Gasteiger partial charge in [-0.2, -0.15) is 5.10 Å². The van der Waals surface area contributed by atoms with Gasteiger partial charge in [0.05, 0.1) is 11.2 Å². The van der Waals surface area contributed by atoms with Gasteiger partial charge in [-0.25, -0.2) is 0 Å². The van der Waals surface area contributed by atoms with Crippen LogP contribution in [0.4, 0.5) is 0 Å². The normalized spacial score (nSPS) is 11.8. The number of aryl methyl sites for hydroxylation is 1. The molecule has 0 amide bonds. The number of nitrogens with zero attached hydrogens (tertiary/aromatic N) is 2. The molecule has 0 saturated carbocycles. The van der Waals surface area contributed by atoms with E-state index in [0.29, 0.717) is 23.7 Å². The number of Topliss-reactive ketones (excluding diaryl/α,β-unsaturated/α-hetero) is 1. The predicted octanol–water partition coefficient (Wildman–Crippen LogP) is 2.41. The smallest absolute Gasteiger partial charge is 0.182 e. The van der Waals surface area contributed by atoms with Crippen molar-refractivity contribution in [1.82, 2.24) is 9.78 Å². The molecule has 0 radical (unpaired) electrons. The first kappa shape index (κ1) is 14.2. The minimum atomic E-state index is 0.0418. The van der Waals surface area contributed by atoms with Gasteiger partial charge in [0.1, 0.15) is 5.69 Å². The van der Waals surface area contributed by atoms with Crippen LogP contribution in [0.15, 0.2) is 6.20 Å². The lowest BCUT2D eigenvalue weighted by molar-refractivity contribution is 0.0952. The van der Waals surface area contributed by atoms with Crippen molar-refractivity contribution in [3.05, 3.63) is 16.9 Å². The summed E-state index contributed by atoms with van der Waals surface area (Å²) < 4.78 is 1.53. The van der Waals surface area contributed by atoms with Crippen LogP contribution in [-0.2, 0) is 7.05 Å². The molecule has 0 atom stereocenters. The summed E-state index contributed by atoms with van der Waals surface area (Å²) in [6.07, 6.45) is 3.70. The van der Waals surface area contributed by atoms with E-state index in [2.05, 4.69) is 18.9 Å². The number of ketones is 1. The monoisotopic (exact) mass is 257 g/mol. The Labute approximate surface area is 107 Å². The topological polar surface area (TPSA) is 60.9 Å². The summed E-state index contributed by atoms with van der Waals surface area (Å²) >= 11 is 5.93. The van der Waals surface area contributed by atoms with E-state index in [1.807, 2.05) is 0 Å². The summed E-state index contributed by atoms with van der Waals surface area (Å²) in [5.41, 5.74) is 6.13. The van der Waals surface area contributed by atoms with Gasteiger partial charge in [-0.05, 0) is 24.8 Å². The Morgan fingerprint density at radius 1 is 1.53 bits per heavy atom. The summed E-state index contributed by atoms with van der Waals surface area (Å²) in [5, 5.41) is 4.39.